The van der Waals surface area contributed by atoms with E-state index in [9.17, 15) is 14.4 Å². The first kappa shape index (κ1) is 17.7. The molecule has 0 saturated carbocycles. The minimum atomic E-state index is -0.603. The molecule has 2 aromatic carbocycles. The fourth-order valence-corrected chi connectivity index (χ4v) is 3.43. The van der Waals surface area contributed by atoms with Crippen LogP contribution in [-0.4, -0.2) is 29.2 Å². The van der Waals surface area contributed by atoms with Crippen LogP contribution in [0.3, 0.4) is 0 Å². The zero-order chi connectivity index (χ0) is 18.7. The van der Waals surface area contributed by atoms with E-state index in [1.165, 1.54) is 6.92 Å². The highest BCUT2D eigenvalue weighted by atomic mass is 16.2. The third-order valence-corrected chi connectivity index (χ3v) is 4.66. The third kappa shape index (κ3) is 3.59. The van der Waals surface area contributed by atoms with Gasteiger partial charge in [-0.2, -0.15) is 0 Å². The fraction of sp³-hybridized carbons (Fsp3) is 0.250. The molecule has 1 unspecified atom stereocenters. The Labute approximate surface area is 152 Å². The zero-order valence-corrected chi connectivity index (χ0v) is 14.6. The van der Waals surface area contributed by atoms with E-state index in [-0.39, 0.29) is 29.8 Å². The van der Waals surface area contributed by atoms with Gasteiger partial charge in [0.1, 0.15) is 0 Å². The summed E-state index contributed by atoms with van der Waals surface area (Å²) in [6.45, 7) is 2.10. The summed E-state index contributed by atoms with van der Waals surface area (Å²) in [5.74, 6) is -0.934. The van der Waals surface area contributed by atoms with Crippen LogP contribution in [0.1, 0.15) is 40.9 Å². The van der Waals surface area contributed by atoms with Crippen molar-refractivity contribution >= 4 is 23.4 Å². The van der Waals surface area contributed by atoms with Crippen LogP contribution in [0.4, 0.5) is 5.69 Å². The number of carbonyl (C=O) groups excluding carboxylic acids is 3. The van der Waals surface area contributed by atoms with Crippen LogP contribution >= 0.6 is 0 Å². The van der Waals surface area contributed by atoms with Crippen molar-refractivity contribution in [1.82, 2.24) is 4.90 Å². The number of rotatable bonds is 4. The maximum Gasteiger partial charge on any atom is 0.250 e. The largest absolute Gasteiger partial charge is 0.366 e. The fourth-order valence-electron chi connectivity index (χ4n) is 3.43. The number of benzene rings is 2. The summed E-state index contributed by atoms with van der Waals surface area (Å²) in [7, 11) is 0. The molecule has 6 heteroatoms. The van der Waals surface area contributed by atoms with Gasteiger partial charge in [0.25, 0.3) is 5.91 Å². The van der Waals surface area contributed by atoms with Crippen LogP contribution in [0, 0.1) is 0 Å². The van der Waals surface area contributed by atoms with Crippen molar-refractivity contribution in [2.24, 2.45) is 5.73 Å². The summed E-state index contributed by atoms with van der Waals surface area (Å²) in [5, 5.41) is 2.75. The van der Waals surface area contributed by atoms with Gasteiger partial charge in [-0.05, 0) is 29.7 Å². The SMILES string of the molecule is CC(=O)N1CCc2ccccc2C1CC(=O)Nc1ccccc1C(N)=O. The van der Waals surface area contributed by atoms with Gasteiger partial charge in [0.15, 0.2) is 0 Å². The van der Waals surface area contributed by atoms with Gasteiger partial charge in [-0.3, -0.25) is 14.4 Å². The highest BCUT2D eigenvalue weighted by molar-refractivity contribution is 6.03. The van der Waals surface area contributed by atoms with Crippen LogP contribution in [0.5, 0.6) is 0 Å². The molecule has 1 heterocycles. The molecular formula is C20H21N3O3. The maximum absolute atomic E-state index is 12.6. The monoisotopic (exact) mass is 351 g/mol. The van der Waals surface area contributed by atoms with E-state index in [0.717, 1.165) is 17.5 Å². The lowest BCUT2D eigenvalue weighted by Crippen LogP contribution is -2.40. The molecule has 26 heavy (non-hydrogen) atoms. The Morgan fingerprint density at radius 3 is 2.54 bits per heavy atom. The van der Waals surface area contributed by atoms with Crippen molar-refractivity contribution in [3.63, 3.8) is 0 Å². The quantitative estimate of drug-likeness (QED) is 0.885. The first-order chi connectivity index (χ1) is 12.5. The van der Waals surface area contributed by atoms with Gasteiger partial charge in [-0.15, -0.1) is 0 Å². The average Bonchev–Trinajstić information content (AvgIpc) is 2.62. The van der Waals surface area contributed by atoms with Crippen LogP contribution in [-0.2, 0) is 16.0 Å². The standard InChI is InChI=1S/C20H21N3O3/c1-13(24)23-11-10-14-6-2-3-7-15(14)18(23)12-19(25)22-17-9-5-4-8-16(17)20(21)26/h2-9,18H,10-12H2,1H3,(H2,21,26)(H,22,25). The van der Waals surface area contributed by atoms with Crippen molar-refractivity contribution in [3.8, 4) is 0 Å². The molecule has 0 fully saturated rings. The smallest absolute Gasteiger partial charge is 0.250 e. The summed E-state index contributed by atoms with van der Waals surface area (Å²) < 4.78 is 0. The number of nitrogens with zero attached hydrogens (tertiary/aromatic N) is 1. The number of nitrogens with one attached hydrogen (secondary N) is 1. The summed E-state index contributed by atoms with van der Waals surface area (Å²) in [6, 6.07) is 14.1. The second-order valence-corrected chi connectivity index (χ2v) is 6.34. The van der Waals surface area contributed by atoms with Gasteiger partial charge in [-0.25, -0.2) is 0 Å². The summed E-state index contributed by atoms with van der Waals surface area (Å²) >= 11 is 0. The molecule has 0 aliphatic carbocycles. The Balaban J connectivity index is 1.83. The molecule has 1 atom stereocenters. The number of amides is 3. The van der Waals surface area contributed by atoms with Gasteiger partial charge in [0.05, 0.1) is 23.7 Å². The molecule has 3 rings (SSSR count). The zero-order valence-electron chi connectivity index (χ0n) is 14.6. The molecule has 134 valence electrons. The molecule has 3 N–H and O–H groups in total. The first-order valence-corrected chi connectivity index (χ1v) is 8.51. The summed E-state index contributed by atoms with van der Waals surface area (Å²) in [4.78, 5) is 37.9. The normalized spacial score (nSPS) is 15.9. The van der Waals surface area contributed by atoms with Gasteiger partial charge in [0.2, 0.25) is 11.8 Å². The predicted octanol–water partition coefficient (Wildman–Crippen LogP) is 2.26. The van der Waals surface area contributed by atoms with E-state index >= 15 is 0 Å². The molecule has 3 amide bonds. The molecule has 1 aliphatic rings. The lowest BCUT2D eigenvalue weighted by molar-refractivity contribution is -0.132. The van der Waals surface area contributed by atoms with E-state index in [4.69, 9.17) is 5.73 Å². The number of hydrogen-bond acceptors (Lipinski definition) is 3. The highest BCUT2D eigenvalue weighted by Gasteiger charge is 2.30. The molecule has 0 bridgehead atoms. The Morgan fingerprint density at radius 2 is 1.81 bits per heavy atom. The van der Waals surface area contributed by atoms with E-state index in [1.807, 2.05) is 24.3 Å². The van der Waals surface area contributed by atoms with E-state index in [0.29, 0.717) is 12.2 Å². The second-order valence-electron chi connectivity index (χ2n) is 6.34. The van der Waals surface area contributed by atoms with E-state index in [2.05, 4.69) is 5.32 Å². The van der Waals surface area contributed by atoms with Crippen molar-refractivity contribution in [2.75, 3.05) is 11.9 Å². The number of hydrogen-bond donors (Lipinski definition) is 2. The lowest BCUT2D eigenvalue weighted by atomic mass is 9.90. The summed E-state index contributed by atoms with van der Waals surface area (Å²) in [6.07, 6.45) is 0.891. The molecule has 1 aliphatic heterocycles. The van der Waals surface area contributed by atoms with Crippen LogP contribution in [0.25, 0.3) is 0 Å². The predicted molar refractivity (Wildman–Crippen MR) is 98.5 cm³/mol. The third-order valence-electron chi connectivity index (χ3n) is 4.66. The molecule has 0 saturated heterocycles. The molecule has 6 nitrogen and oxygen atoms in total. The van der Waals surface area contributed by atoms with Crippen molar-refractivity contribution in [2.45, 2.75) is 25.8 Å². The number of carbonyl (C=O) groups is 3. The molecule has 0 spiro atoms. The minimum absolute atomic E-state index is 0.0603. The Bertz CT molecular complexity index is 863. The summed E-state index contributed by atoms with van der Waals surface area (Å²) in [5.41, 5.74) is 8.14. The van der Waals surface area contributed by atoms with Gasteiger partial charge in [0, 0.05) is 13.5 Å². The van der Waals surface area contributed by atoms with Crippen molar-refractivity contribution in [3.05, 3.63) is 65.2 Å². The molecule has 0 radical (unpaired) electrons. The first-order valence-electron chi connectivity index (χ1n) is 8.51. The van der Waals surface area contributed by atoms with Crippen LogP contribution < -0.4 is 11.1 Å². The van der Waals surface area contributed by atoms with Crippen LogP contribution in [0.15, 0.2) is 48.5 Å². The Hall–Kier alpha value is -3.15. The minimum Gasteiger partial charge on any atom is -0.366 e. The number of para-hydroxylation sites is 1. The lowest BCUT2D eigenvalue weighted by Gasteiger charge is -2.36. The molecular weight excluding hydrogens is 330 g/mol. The Kier molecular flexibility index (Phi) is 5.02. The van der Waals surface area contributed by atoms with Gasteiger partial charge in [-0.1, -0.05) is 36.4 Å². The molecule has 2 aromatic rings. The number of nitrogens with two attached hydrogens (primary N) is 1. The molecule has 0 aromatic heterocycles. The van der Waals surface area contributed by atoms with E-state index in [1.54, 1.807) is 29.2 Å². The van der Waals surface area contributed by atoms with E-state index < -0.39 is 5.91 Å². The maximum atomic E-state index is 12.6. The average molecular weight is 351 g/mol. The number of anilines is 1. The van der Waals surface area contributed by atoms with Crippen molar-refractivity contribution < 1.29 is 14.4 Å². The van der Waals surface area contributed by atoms with Crippen molar-refractivity contribution in [1.29, 1.82) is 0 Å². The second kappa shape index (κ2) is 7.39. The topological polar surface area (TPSA) is 92.5 Å². The highest BCUT2D eigenvalue weighted by Crippen LogP contribution is 2.32. The Morgan fingerprint density at radius 1 is 1.12 bits per heavy atom. The van der Waals surface area contributed by atoms with Crippen LogP contribution in [0.2, 0.25) is 0 Å². The number of fused-ring (bicyclic) bond motifs is 1. The van der Waals surface area contributed by atoms with Gasteiger partial charge >= 0.3 is 0 Å². The number of primary amides is 1. The van der Waals surface area contributed by atoms with Gasteiger partial charge < -0.3 is 16.0 Å².